The number of ether oxygens (including phenoxy) is 1. The van der Waals surface area contributed by atoms with E-state index < -0.39 is 10.0 Å². The molecular weight excluding hydrogens is 276 g/mol. The van der Waals surface area contributed by atoms with Crippen molar-refractivity contribution in [1.82, 2.24) is 5.32 Å². The minimum atomic E-state index is -3.29. The maximum Gasteiger partial charge on any atom is 0.232 e. The Balaban J connectivity index is 1.81. The number of hydrogen-bond donors (Lipinski definition) is 2. The third kappa shape index (κ3) is 5.38. The lowest BCUT2D eigenvalue weighted by molar-refractivity contribution is 0.340. The first-order valence-corrected chi connectivity index (χ1v) is 8.71. The van der Waals surface area contributed by atoms with E-state index in [9.17, 15) is 8.42 Å². The highest BCUT2D eigenvalue weighted by Crippen LogP contribution is 2.19. The van der Waals surface area contributed by atoms with Gasteiger partial charge in [0.2, 0.25) is 10.0 Å². The highest BCUT2D eigenvalue weighted by molar-refractivity contribution is 7.92. The third-order valence-electron chi connectivity index (χ3n) is 3.02. The van der Waals surface area contributed by atoms with Crippen molar-refractivity contribution in [3.05, 3.63) is 24.3 Å². The molecular formula is C14H22N2O3S. The number of anilines is 1. The lowest BCUT2D eigenvalue weighted by Gasteiger charge is -2.10. The molecule has 0 atom stereocenters. The molecule has 1 aliphatic carbocycles. The summed E-state index contributed by atoms with van der Waals surface area (Å²) < 4.78 is 31.8. The summed E-state index contributed by atoms with van der Waals surface area (Å²) >= 11 is 0. The van der Waals surface area contributed by atoms with Gasteiger partial charge in [-0.25, -0.2) is 8.42 Å². The topological polar surface area (TPSA) is 67.4 Å². The quantitative estimate of drug-likeness (QED) is 0.684. The fourth-order valence-electron chi connectivity index (χ4n) is 1.90. The van der Waals surface area contributed by atoms with Crippen LogP contribution in [0.3, 0.4) is 0 Å². The molecule has 0 aromatic heterocycles. The van der Waals surface area contributed by atoms with Crippen LogP contribution >= 0.6 is 0 Å². The Morgan fingerprint density at radius 2 is 2.15 bits per heavy atom. The molecule has 0 saturated heterocycles. The molecule has 0 bridgehead atoms. The van der Waals surface area contributed by atoms with Crippen LogP contribution < -0.4 is 14.8 Å². The molecule has 1 aliphatic rings. The molecule has 1 fully saturated rings. The first-order chi connectivity index (χ1) is 9.59. The van der Waals surface area contributed by atoms with Crippen LogP contribution in [0.25, 0.3) is 0 Å². The summed E-state index contributed by atoms with van der Waals surface area (Å²) in [4.78, 5) is 0. The number of sulfonamides is 1. The number of nitrogens with one attached hydrogen (secondary N) is 2. The summed E-state index contributed by atoms with van der Waals surface area (Å²) in [6.07, 6.45) is 3.06. The monoisotopic (exact) mass is 298 g/mol. The van der Waals surface area contributed by atoms with Gasteiger partial charge >= 0.3 is 0 Å². The zero-order chi connectivity index (χ0) is 14.4. The van der Waals surface area contributed by atoms with Crippen molar-refractivity contribution in [3.8, 4) is 5.75 Å². The highest BCUT2D eigenvalue weighted by atomic mass is 32.2. The summed E-state index contributed by atoms with van der Waals surface area (Å²) in [5.74, 6) is 0.800. The molecule has 0 radical (unpaired) electrons. The summed E-state index contributed by atoms with van der Waals surface area (Å²) in [6, 6.07) is 7.62. The summed E-state index contributed by atoms with van der Waals surface area (Å²) in [5, 5.41) is 3.31. The van der Waals surface area contributed by atoms with Gasteiger partial charge < -0.3 is 10.1 Å². The molecule has 0 amide bonds. The van der Waals surface area contributed by atoms with Crippen LogP contribution in [-0.4, -0.2) is 33.4 Å². The molecule has 20 heavy (non-hydrogen) atoms. The van der Waals surface area contributed by atoms with E-state index in [0.717, 1.165) is 6.54 Å². The first-order valence-electron chi connectivity index (χ1n) is 7.06. The summed E-state index contributed by atoms with van der Waals surface area (Å²) in [6.45, 7) is 3.21. The Morgan fingerprint density at radius 1 is 1.35 bits per heavy atom. The smallest absolute Gasteiger partial charge is 0.232 e. The Kier molecular flexibility index (Phi) is 5.25. The Morgan fingerprint density at radius 3 is 2.85 bits per heavy atom. The van der Waals surface area contributed by atoms with Gasteiger partial charge in [-0.05, 0) is 44.9 Å². The molecule has 112 valence electrons. The predicted octanol–water partition coefficient (Wildman–Crippen LogP) is 1.97. The average Bonchev–Trinajstić information content (AvgIpc) is 3.19. The summed E-state index contributed by atoms with van der Waals surface area (Å²) in [5.41, 5.74) is 0.547. The molecule has 5 nitrogen and oxygen atoms in total. The highest BCUT2D eigenvalue weighted by Gasteiger charge is 2.20. The SMILES string of the molecule is CCOc1cccc(NS(=O)(=O)CCCNC2CC2)c1. The zero-order valence-electron chi connectivity index (χ0n) is 11.8. The van der Waals surface area contributed by atoms with Gasteiger partial charge in [0, 0.05) is 12.1 Å². The second-order valence-electron chi connectivity index (χ2n) is 4.96. The van der Waals surface area contributed by atoms with Crippen LogP contribution in [0, 0.1) is 0 Å². The van der Waals surface area contributed by atoms with Crippen molar-refractivity contribution in [2.24, 2.45) is 0 Å². The van der Waals surface area contributed by atoms with E-state index in [1.807, 2.05) is 6.92 Å². The predicted molar refractivity (Wildman–Crippen MR) is 80.7 cm³/mol. The molecule has 0 heterocycles. The summed E-state index contributed by atoms with van der Waals surface area (Å²) in [7, 11) is -3.29. The van der Waals surface area contributed by atoms with Crippen LogP contribution in [0.2, 0.25) is 0 Å². The molecule has 2 rings (SSSR count). The first kappa shape index (κ1) is 15.1. The van der Waals surface area contributed by atoms with Crippen LogP contribution in [0.1, 0.15) is 26.2 Å². The average molecular weight is 298 g/mol. The molecule has 0 aliphatic heterocycles. The largest absolute Gasteiger partial charge is 0.494 e. The van der Waals surface area contributed by atoms with Crippen molar-refractivity contribution < 1.29 is 13.2 Å². The molecule has 0 spiro atoms. The zero-order valence-corrected chi connectivity index (χ0v) is 12.6. The van der Waals surface area contributed by atoms with E-state index in [2.05, 4.69) is 10.0 Å². The van der Waals surface area contributed by atoms with Gasteiger partial charge in [0.05, 0.1) is 18.0 Å². The minimum absolute atomic E-state index is 0.131. The molecule has 1 aromatic carbocycles. The molecule has 2 N–H and O–H groups in total. The van der Waals surface area contributed by atoms with Gasteiger partial charge in [-0.15, -0.1) is 0 Å². The van der Waals surface area contributed by atoms with Gasteiger partial charge in [-0.2, -0.15) is 0 Å². The van der Waals surface area contributed by atoms with Gasteiger partial charge in [0.25, 0.3) is 0 Å². The van der Waals surface area contributed by atoms with E-state index >= 15 is 0 Å². The second kappa shape index (κ2) is 6.95. The van der Waals surface area contributed by atoms with E-state index in [0.29, 0.717) is 30.5 Å². The number of rotatable bonds is 9. The second-order valence-corrected chi connectivity index (χ2v) is 6.81. The van der Waals surface area contributed by atoms with E-state index in [1.165, 1.54) is 12.8 Å². The minimum Gasteiger partial charge on any atom is -0.494 e. The Hall–Kier alpha value is -1.27. The van der Waals surface area contributed by atoms with Gasteiger partial charge in [-0.3, -0.25) is 4.72 Å². The van der Waals surface area contributed by atoms with Crippen molar-refractivity contribution >= 4 is 15.7 Å². The Labute approximate surface area is 120 Å². The lowest BCUT2D eigenvalue weighted by Crippen LogP contribution is -2.23. The molecule has 6 heteroatoms. The van der Waals surface area contributed by atoms with Crippen LogP contribution in [0.15, 0.2) is 24.3 Å². The van der Waals surface area contributed by atoms with Crippen LogP contribution in [0.5, 0.6) is 5.75 Å². The third-order valence-corrected chi connectivity index (χ3v) is 4.39. The lowest BCUT2D eigenvalue weighted by atomic mass is 10.3. The van der Waals surface area contributed by atoms with Crippen LogP contribution in [0.4, 0.5) is 5.69 Å². The molecule has 1 aromatic rings. The van der Waals surface area contributed by atoms with Gasteiger partial charge in [0.1, 0.15) is 5.75 Å². The number of benzene rings is 1. The molecule has 1 saturated carbocycles. The normalized spacial score (nSPS) is 15.1. The maximum atomic E-state index is 11.9. The van der Waals surface area contributed by atoms with Crippen LogP contribution in [-0.2, 0) is 10.0 Å². The molecule has 0 unspecified atom stereocenters. The van der Waals surface area contributed by atoms with Crippen molar-refractivity contribution in [2.45, 2.75) is 32.2 Å². The van der Waals surface area contributed by atoms with Crippen molar-refractivity contribution in [2.75, 3.05) is 23.6 Å². The number of hydrogen-bond acceptors (Lipinski definition) is 4. The van der Waals surface area contributed by atoms with Crippen molar-refractivity contribution in [3.63, 3.8) is 0 Å². The van der Waals surface area contributed by atoms with E-state index in [1.54, 1.807) is 24.3 Å². The standard InChI is InChI=1S/C14H22N2O3S/c1-2-19-14-6-3-5-13(11-14)16-20(17,18)10-4-9-15-12-7-8-12/h3,5-6,11-12,15-16H,2,4,7-10H2,1H3. The Bertz CT molecular complexity index is 527. The van der Waals surface area contributed by atoms with Gasteiger partial charge in [-0.1, -0.05) is 6.07 Å². The van der Waals surface area contributed by atoms with Crippen molar-refractivity contribution in [1.29, 1.82) is 0 Å². The fourth-order valence-corrected chi connectivity index (χ4v) is 3.01. The van der Waals surface area contributed by atoms with Gasteiger partial charge in [0.15, 0.2) is 0 Å². The maximum absolute atomic E-state index is 11.9. The fraction of sp³-hybridized carbons (Fsp3) is 0.571. The van der Waals surface area contributed by atoms with E-state index in [-0.39, 0.29) is 5.75 Å². The van der Waals surface area contributed by atoms with E-state index in [4.69, 9.17) is 4.74 Å².